The van der Waals surface area contributed by atoms with Gasteiger partial charge in [-0.1, -0.05) is 30.3 Å². The standard InChI is InChI=1S/C22H17N5O2/c1-2-23-22(28)27-19-11-10-16-21(26-19)25-17(12-24-16)15-8-5-7-14-13-6-3-4-9-18(13)29-20(14)15/h3-12H,2H2,1H3,(H2,23,25,26,27,28). The average molecular weight is 383 g/mol. The molecule has 5 aromatic rings. The van der Waals surface area contributed by atoms with Crippen LogP contribution in [-0.2, 0) is 0 Å². The lowest BCUT2D eigenvalue weighted by molar-refractivity contribution is 0.252. The highest BCUT2D eigenvalue weighted by Gasteiger charge is 2.14. The molecule has 2 amide bonds. The third-order valence-electron chi connectivity index (χ3n) is 4.67. The Morgan fingerprint density at radius 3 is 2.76 bits per heavy atom. The van der Waals surface area contributed by atoms with Gasteiger partial charge >= 0.3 is 6.03 Å². The third kappa shape index (κ3) is 3.02. The molecule has 0 fully saturated rings. The van der Waals surface area contributed by atoms with E-state index >= 15 is 0 Å². The lowest BCUT2D eigenvalue weighted by atomic mass is 10.1. The van der Waals surface area contributed by atoms with Gasteiger partial charge in [-0.15, -0.1) is 0 Å². The molecule has 0 atom stereocenters. The Morgan fingerprint density at radius 1 is 1.00 bits per heavy atom. The van der Waals surface area contributed by atoms with Gasteiger partial charge < -0.3 is 9.73 Å². The molecule has 7 nitrogen and oxygen atoms in total. The molecule has 5 rings (SSSR count). The van der Waals surface area contributed by atoms with Gasteiger partial charge in [0.15, 0.2) is 5.65 Å². The number of furan rings is 1. The lowest BCUT2D eigenvalue weighted by Gasteiger charge is -2.07. The quantitative estimate of drug-likeness (QED) is 0.470. The average Bonchev–Trinajstić information content (AvgIpc) is 3.12. The van der Waals surface area contributed by atoms with Crippen LogP contribution < -0.4 is 10.6 Å². The number of carbonyl (C=O) groups is 1. The number of hydrogen-bond donors (Lipinski definition) is 2. The van der Waals surface area contributed by atoms with E-state index in [1.165, 1.54) is 0 Å². The van der Waals surface area contributed by atoms with Gasteiger partial charge in [0.1, 0.15) is 22.5 Å². The van der Waals surface area contributed by atoms with Crippen LogP contribution in [0.4, 0.5) is 10.6 Å². The second-order valence-corrected chi connectivity index (χ2v) is 6.56. The Balaban J connectivity index is 1.62. The molecule has 2 aromatic carbocycles. The lowest BCUT2D eigenvalue weighted by Crippen LogP contribution is -2.28. The summed E-state index contributed by atoms with van der Waals surface area (Å²) in [5, 5.41) is 7.46. The second kappa shape index (κ2) is 6.87. The number of aromatic nitrogens is 3. The van der Waals surface area contributed by atoms with Crippen molar-refractivity contribution in [3.8, 4) is 11.3 Å². The molecule has 0 aliphatic rings. The molecule has 0 aliphatic carbocycles. The molecule has 3 aromatic heterocycles. The first kappa shape index (κ1) is 17.1. The zero-order valence-corrected chi connectivity index (χ0v) is 15.6. The second-order valence-electron chi connectivity index (χ2n) is 6.56. The molecule has 2 N–H and O–H groups in total. The van der Waals surface area contributed by atoms with Crippen LogP contribution in [0.15, 0.2) is 65.2 Å². The number of pyridine rings is 1. The summed E-state index contributed by atoms with van der Waals surface area (Å²) in [6.07, 6.45) is 1.71. The minimum Gasteiger partial charge on any atom is -0.455 e. The summed E-state index contributed by atoms with van der Waals surface area (Å²) in [5.74, 6) is 0.414. The van der Waals surface area contributed by atoms with Crippen molar-refractivity contribution < 1.29 is 9.21 Å². The maximum Gasteiger partial charge on any atom is 0.320 e. The third-order valence-corrected chi connectivity index (χ3v) is 4.67. The number of urea groups is 1. The fraction of sp³-hybridized carbons (Fsp3) is 0.0909. The van der Waals surface area contributed by atoms with Gasteiger partial charge in [-0.25, -0.2) is 14.8 Å². The first-order valence-electron chi connectivity index (χ1n) is 9.32. The van der Waals surface area contributed by atoms with E-state index in [9.17, 15) is 4.79 Å². The van der Waals surface area contributed by atoms with Crippen LogP contribution in [0.25, 0.3) is 44.4 Å². The molecule has 142 valence electrons. The summed E-state index contributed by atoms with van der Waals surface area (Å²) in [6.45, 7) is 2.38. The first-order valence-corrected chi connectivity index (χ1v) is 9.32. The summed E-state index contributed by atoms with van der Waals surface area (Å²) < 4.78 is 6.10. The van der Waals surface area contributed by atoms with Crippen molar-refractivity contribution in [1.82, 2.24) is 20.3 Å². The Kier molecular flexibility index (Phi) is 4.05. The Hall–Kier alpha value is -4.00. The molecule has 0 saturated carbocycles. The summed E-state index contributed by atoms with van der Waals surface area (Å²) in [7, 11) is 0. The van der Waals surface area contributed by atoms with Crippen LogP contribution in [0.5, 0.6) is 0 Å². The maximum absolute atomic E-state index is 11.8. The molecule has 0 spiro atoms. The van der Waals surface area contributed by atoms with E-state index in [1.807, 2.05) is 49.4 Å². The monoisotopic (exact) mass is 383 g/mol. The van der Waals surface area contributed by atoms with Crippen molar-refractivity contribution in [3.05, 3.63) is 60.8 Å². The smallest absolute Gasteiger partial charge is 0.320 e. The number of benzene rings is 2. The molecule has 7 heteroatoms. The van der Waals surface area contributed by atoms with Gasteiger partial charge in [-0.2, -0.15) is 0 Å². The number of nitrogens with zero attached hydrogens (tertiary/aromatic N) is 3. The minimum atomic E-state index is -0.310. The molecule has 0 bridgehead atoms. The molecule has 0 saturated heterocycles. The number of hydrogen-bond acceptors (Lipinski definition) is 5. The predicted molar refractivity (Wildman–Crippen MR) is 113 cm³/mol. The predicted octanol–water partition coefficient (Wildman–Crippen LogP) is 4.73. The van der Waals surface area contributed by atoms with Crippen LogP contribution in [0.1, 0.15) is 6.92 Å². The van der Waals surface area contributed by atoms with E-state index in [1.54, 1.807) is 18.3 Å². The van der Waals surface area contributed by atoms with Crippen LogP contribution in [-0.4, -0.2) is 27.5 Å². The zero-order chi connectivity index (χ0) is 19.8. The van der Waals surface area contributed by atoms with Gasteiger partial charge in [-0.05, 0) is 31.2 Å². The van der Waals surface area contributed by atoms with Crippen LogP contribution in [0.2, 0.25) is 0 Å². The molecule has 0 aliphatic heterocycles. The normalized spacial score (nSPS) is 11.2. The van der Waals surface area contributed by atoms with E-state index in [0.29, 0.717) is 29.2 Å². The van der Waals surface area contributed by atoms with Gasteiger partial charge in [0.25, 0.3) is 0 Å². The number of carbonyl (C=O) groups excluding carboxylic acids is 1. The summed E-state index contributed by atoms with van der Waals surface area (Å²) >= 11 is 0. The Bertz CT molecular complexity index is 1380. The summed E-state index contributed by atoms with van der Waals surface area (Å²) in [5.41, 5.74) is 4.19. The van der Waals surface area contributed by atoms with Gasteiger partial charge in [0, 0.05) is 22.9 Å². The van der Waals surface area contributed by atoms with Crippen molar-refractivity contribution >= 4 is 45.0 Å². The van der Waals surface area contributed by atoms with Crippen molar-refractivity contribution in [2.45, 2.75) is 6.92 Å². The van der Waals surface area contributed by atoms with E-state index in [-0.39, 0.29) is 6.03 Å². The van der Waals surface area contributed by atoms with E-state index in [2.05, 4.69) is 25.6 Å². The van der Waals surface area contributed by atoms with Gasteiger partial charge in [0.2, 0.25) is 0 Å². The largest absolute Gasteiger partial charge is 0.455 e. The molecule has 0 unspecified atom stereocenters. The topological polar surface area (TPSA) is 92.9 Å². The highest BCUT2D eigenvalue weighted by molar-refractivity contribution is 6.09. The Morgan fingerprint density at radius 2 is 1.86 bits per heavy atom. The van der Waals surface area contributed by atoms with Crippen molar-refractivity contribution in [2.24, 2.45) is 0 Å². The number of para-hydroxylation sites is 2. The van der Waals surface area contributed by atoms with Crippen molar-refractivity contribution in [3.63, 3.8) is 0 Å². The zero-order valence-electron chi connectivity index (χ0n) is 15.6. The summed E-state index contributed by atoms with van der Waals surface area (Å²) in [4.78, 5) is 25.3. The van der Waals surface area contributed by atoms with E-state index < -0.39 is 0 Å². The van der Waals surface area contributed by atoms with E-state index in [0.717, 1.165) is 27.5 Å². The van der Waals surface area contributed by atoms with Crippen LogP contribution in [0, 0.1) is 0 Å². The fourth-order valence-corrected chi connectivity index (χ4v) is 3.37. The number of amides is 2. The molecular formula is C22H17N5O2. The number of rotatable bonds is 3. The Labute approximate surface area is 165 Å². The molecule has 29 heavy (non-hydrogen) atoms. The number of nitrogens with one attached hydrogen (secondary N) is 2. The van der Waals surface area contributed by atoms with Crippen LogP contribution in [0.3, 0.4) is 0 Å². The highest BCUT2D eigenvalue weighted by atomic mass is 16.3. The van der Waals surface area contributed by atoms with E-state index in [4.69, 9.17) is 4.42 Å². The molecule has 3 heterocycles. The van der Waals surface area contributed by atoms with Gasteiger partial charge in [-0.3, -0.25) is 10.3 Å². The fourth-order valence-electron chi connectivity index (χ4n) is 3.37. The molecule has 0 radical (unpaired) electrons. The molecular weight excluding hydrogens is 366 g/mol. The first-order chi connectivity index (χ1) is 14.2. The van der Waals surface area contributed by atoms with Gasteiger partial charge in [0.05, 0.1) is 11.9 Å². The minimum absolute atomic E-state index is 0.310. The van der Waals surface area contributed by atoms with Crippen molar-refractivity contribution in [2.75, 3.05) is 11.9 Å². The summed E-state index contributed by atoms with van der Waals surface area (Å²) in [6, 6.07) is 17.1. The maximum atomic E-state index is 11.8. The number of fused-ring (bicyclic) bond motifs is 4. The number of anilines is 1. The highest BCUT2D eigenvalue weighted by Crippen LogP contribution is 2.35. The SMILES string of the molecule is CCNC(=O)Nc1ccc2ncc(-c3cccc4c3oc3ccccc34)nc2n1. The van der Waals surface area contributed by atoms with Crippen LogP contribution >= 0.6 is 0 Å². The van der Waals surface area contributed by atoms with Crippen molar-refractivity contribution in [1.29, 1.82) is 0 Å².